The fourth-order valence-corrected chi connectivity index (χ4v) is 6.01. The van der Waals surface area contributed by atoms with Crippen LogP contribution in [0.3, 0.4) is 0 Å². The van der Waals surface area contributed by atoms with Gasteiger partial charge in [-0.15, -0.1) is 0 Å². The first-order valence-electron chi connectivity index (χ1n) is 14.4. The normalized spacial score (nSPS) is 14.0. The molecule has 1 heterocycles. The Morgan fingerprint density at radius 3 is 2.26 bits per heavy atom. The molecule has 0 aromatic heterocycles. The first kappa shape index (κ1) is 32.3. The van der Waals surface area contributed by atoms with Crippen LogP contribution >= 0.6 is 15.9 Å². The smallest absolute Gasteiger partial charge is 0.244 e. The van der Waals surface area contributed by atoms with Crippen molar-refractivity contribution in [3.05, 3.63) is 88.4 Å². The monoisotopic (exact) mass is 671 g/mol. The van der Waals surface area contributed by atoms with Crippen LogP contribution in [0.5, 0.6) is 11.5 Å². The summed E-state index contributed by atoms with van der Waals surface area (Å²) in [7, 11) is -3.89. The lowest BCUT2D eigenvalue weighted by atomic mass is 10.0. The van der Waals surface area contributed by atoms with Gasteiger partial charge in [0.25, 0.3) is 0 Å². The van der Waals surface area contributed by atoms with Gasteiger partial charge in [-0.25, -0.2) is 8.42 Å². The highest BCUT2D eigenvalue weighted by molar-refractivity contribution is 9.10. The zero-order valence-corrected chi connectivity index (χ0v) is 27.1. The number of carbonyl (C=O) groups excluding carboxylic acids is 2. The van der Waals surface area contributed by atoms with Crippen LogP contribution in [0, 0.1) is 0 Å². The minimum atomic E-state index is -3.89. The lowest BCUT2D eigenvalue weighted by Crippen LogP contribution is -2.54. The minimum Gasteiger partial charge on any atom is -0.486 e. The summed E-state index contributed by atoms with van der Waals surface area (Å²) in [4.78, 5) is 29.6. The largest absolute Gasteiger partial charge is 0.486 e. The molecule has 0 aliphatic carbocycles. The molecule has 4 rings (SSSR count). The van der Waals surface area contributed by atoms with Crippen molar-refractivity contribution in [1.82, 2.24) is 10.2 Å². The molecule has 43 heavy (non-hydrogen) atoms. The van der Waals surface area contributed by atoms with Crippen LogP contribution in [0.1, 0.15) is 38.3 Å². The molecule has 0 saturated carbocycles. The van der Waals surface area contributed by atoms with E-state index in [2.05, 4.69) is 21.2 Å². The van der Waals surface area contributed by atoms with Gasteiger partial charge in [-0.3, -0.25) is 13.9 Å². The Labute approximate surface area is 262 Å². The number of halogens is 1. The molecule has 3 aromatic carbocycles. The highest BCUT2D eigenvalue weighted by Crippen LogP contribution is 2.35. The zero-order valence-electron chi connectivity index (χ0n) is 24.7. The van der Waals surface area contributed by atoms with Gasteiger partial charge in [0.2, 0.25) is 21.8 Å². The quantitative estimate of drug-likeness (QED) is 0.276. The Bertz CT molecular complexity index is 1500. The number of fused-ring (bicyclic) bond motifs is 1. The average Bonchev–Trinajstić information content (AvgIpc) is 3.02. The summed E-state index contributed by atoms with van der Waals surface area (Å²) in [6, 6.07) is 20.8. The van der Waals surface area contributed by atoms with E-state index in [-0.39, 0.29) is 36.4 Å². The predicted molar refractivity (Wildman–Crippen MR) is 171 cm³/mol. The molecule has 0 saturated heterocycles. The first-order chi connectivity index (χ1) is 20.6. The number of amides is 2. The molecule has 1 aliphatic heterocycles. The maximum Gasteiger partial charge on any atom is 0.244 e. The topological polar surface area (TPSA) is 105 Å². The van der Waals surface area contributed by atoms with Crippen molar-refractivity contribution >= 4 is 43.5 Å². The van der Waals surface area contributed by atoms with Crippen molar-refractivity contribution in [2.75, 3.05) is 29.8 Å². The summed E-state index contributed by atoms with van der Waals surface area (Å²) in [6.07, 6.45) is 0.979. The number of benzene rings is 3. The number of ether oxygens (including phenoxy) is 2. The molecule has 11 heteroatoms. The number of carbonyl (C=O) groups is 2. The van der Waals surface area contributed by atoms with Crippen molar-refractivity contribution in [2.24, 2.45) is 0 Å². The van der Waals surface area contributed by atoms with E-state index in [0.717, 1.165) is 26.3 Å². The van der Waals surface area contributed by atoms with Crippen LogP contribution in [0.25, 0.3) is 0 Å². The van der Waals surface area contributed by atoms with E-state index < -0.39 is 28.5 Å². The molecule has 0 bridgehead atoms. The lowest BCUT2D eigenvalue weighted by molar-refractivity contribution is -0.140. The van der Waals surface area contributed by atoms with Crippen molar-refractivity contribution in [3.63, 3.8) is 0 Å². The summed E-state index contributed by atoms with van der Waals surface area (Å²) >= 11 is 3.45. The van der Waals surface area contributed by atoms with Crippen molar-refractivity contribution in [3.8, 4) is 11.5 Å². The Balaban J connectivity index is 1.75. The maximum absolute atomic E-state index is 14.3. The van der Waals surface area contributed by atoms with Crippen LogP contribution in [0.2, 0.25) is 0 Å². The number of hydrogen-bond acceptors (Lipinski definition) is 6. The second kappa shape index (κ2) is 14.7. The van der Waals surface area contributed by atoms with E-state index in [1.54, 1.807) is 18.2 Å². The van der Waals surface area contributed by atoms with Gasteiger partial charge in [0.15, 0.2) is 11.5 Å². The van der Waals surface area contributed by atoms with Gasteiger partial charge in [0.05, 0.1) is 11.4 Å². The Hall–Kier alpha value is -3.57. The van der Waals surface area contributed by atoms with E-state index in [4.69, 9.17) is 9.47 Å². The number of anilines is 1. The standard InChI is InChI=1S/C32H38BrN3O6S/c1-4-23(3)34-32(38)28(19-24-9-7-6-8-10-24)35(21-25-11-13-26(33)14-12-25)31(37)22-36(43(39,40)5-2)27-15-16-29-30(20-27)42-18-17-41-29/h6-16,20,23,28H,4-5,17-19,21-22H2,1-3H3,(H,34,38)/t23-,28+/m0/s1. The fourth-order valence-electron chi connectivity index (χ4n) is 4.69. The van der Waals surface area contributed by atoms with Crippen molar-refractivity contribution < 1.29 is 27.5 Å². The summed E-state index contributed by atoms with van der Waals surface area (Å²) in [5.41, 5.74) is 1.96. The van der Waals surface area contributed by atoms with Gasteiger partial charge < -0.3 is 19.7 Å². The molecule has 230 valence electrons. The number of sulfonamides is 1. The Morgan fingerprint density at radius 1 is 0.930 bits per heavy atom. The molecular weight excluding hydrogens is 634 g/mol. The molecule has 1 aliphatic rings. The van der Waals surface area contributed by atoms with Crippen LogP contribution in [0.4, 0.5) is 5.69 Å². The van der Waals surface area contributed by atoms with Crippen LogP contribution in [-0.4, -0.2) is 62.7 Å². The predicted octanol–water partition coefficient (Wildman–Crippen LogP) is 4.93. The summed E-state index contributed by atoms with van der Waals surface area (Å²) in [6.45, 7) is 5.77. The molecule has 2 atom stereocenters. The molecule has 0 spiro atoms. The Kier molecular flexibility index (Phi) is 11.1. The number of nitrogens with one attached hydrogen (secondary N) is 1. The van der Waals surface area contributed by atoms with E-state index in [9.17, 15) is 18.0 Å². The highest BCUT2D eigenvalue weighted by atomic mass is 79.9. The van der Waals surface area contributed by atoms with Gasteiger partial charge in [0.1, 0.15) is 25.8 Å². The SMILES string of the molecule is CC[C@H](C)NC(=O)[C@@H](Cc1ccccc1)N(Cc1ccc(Br)cc1)C(=O)CN(c1ccc2c(c1)OCCO2)S(=O)(=O)CC. The third-order valence-electron chi connectivity index (χ3n) is 7.33. The first-order valence-corrected chi connectivity index (χ1v) is 16.8. The molecule has 2 amide bonds. The van der Waals surface area contributed by atoms with E-state index in [1.807, 2.05) is 68.4 Å². The van der Waals surface area contributed by atoms with Gasteiger partial charge in [-0.2, -0.15) is 0 Å². The molecule has 0 unspecified atom stereocenters. The second-order valence-corrected chi connectivity index (χ2v) is 13.5. The molecule has 0 fully saturated rings. The van der Waals surface area contributed by atoms with Crippen LogP contribution < -0.4 is 19.1 Å². The summed E-state index contributed by atoms with van der Waals surface area (Å²) < 4.78 is 40.1. The lowest BCUT2D eigenvalue weighted by Gasteiger charge is -2.34. The van der Waals surface area contributed by atoms with Gasteiger partial charge in [0, 0.05) is 29.5 Å². The third-order valence-corrected chi connectivity index (χ3v) is 9.60. The molecular formula is C32H38BrN3O6S. The zero-order chi connectivity index (χ0) is 31.0. The summed E-state index contributed by atoms with van der Waals surface area (Å²) in [5.74, 6) is -0.0997. The maximum atomic E-state index is 14.3. The third kappa shape index (κ3) is 8.51. The van der Waals surface area contributed by atoms with Crippen LogP contribution in [0.15, 0.2) is 77.3 Å². The van der Waals surface area contributed by atoms with E-state index in [0.29, 0.717) is 24.7 Å². The van der Waals surface area contributed by atoms with Gasteiger partial charge in [-0.1, -0.05) is 65.3 Å². The highest BCUT2D eigenvalue weighted by Gasteiger charge is 2.34. The number of rotatable bonds is 13. The van der Waals surface area contributed by atoms with Gasteiger partial charge >= 0.3 is 0 Å². The second-order valence-electron chi connectivity index (χ2n) is 10.4. The fraction of sp³-hybridized carbons (Fsp3) is 0.375. The van der Waals surface area contributed by atoms with Crippen molar-refractivity contribution in [1.29, 1.82) is 0 Å². The van der Waals surface area contributed by atoms with Crippen LogP contribution in [-0.2, 0) is 32.6 Å². The summed E-state index contributed by atoms with van der Waals surface area (Å²) in [5, 5.41) is 3.04. The molecule has 0 radical (unpaired) electrons. The minimum absolute atomic E-state index is 0.106. The van der Waals surface area contributed by atoms with E-state index in [1.165, 1.54) is 11.8 Å². The van der Waals surface area contributed by atoms with E-state index >= 15 is 0 Å². The molecule has 9 nitrogen and oxygen atoms in total. The molecule has 3 aromatic rings. The van der Waals surface area contributed by atoms with Gasteiger partial charge in [-0.05, 0) is 55.7 Å². The molecule has 1 N–H and O–H groups in total. The Morgan fingerprint density at radius 2 is 1.60 bits per heavy atom. The average molecular weight is 673 g/mol. The number of hydrogen-bond donors (Lipinski definition) is 1. The van der Waals surface area contributed by atoms with Crippen molar-refractivity contribution in [2.45, 2.75) is 52.2 Å². The number of nitrogens with zero attached hydrogens (tertiary/aromatic N) is 2.